The summed E-state index contributed by atoms with van der Waals surface area (Å²) in [7, 11) is 0. The van der Waals surface area contributed by atoms with Crippen molar-refractivity contribution in [1.29, 1.82) is 0 Å². The van der Waals surface area contributed by atoms with Crippen molar-refractivity contribution in [2.45, 2.75) is 31.4 Å². The summed E-state index contributed by atoms with van der Waals surface area (Å²) in [6.45, 7) is 4.87. The number of carbonyl (C=O) groups is 1. The highest BCUT2D eigenvalue weighted by Gasteiger charge is 2.35. The fourth-order valence-electron chi connectivity index (χ4n) is 4.63. The van der Waals surface area contributed by atoms with Crippen molar-refractivity contribution in [3.63, 3.8) is 0 Å². The molecule has 4 fully saturated rings. The molecular weight excluding hydrogens is 348 g/mol. The van der Waals surface area contributed by atoms with E-state index in [0.717, 1.165) is 35.3 Å². The Kier molecular flexibility index (Phi) is 4.10. The highest BCUT2D eigenvalue weighted by Crippen LogP contribution is 2.31. The van der Waals surface area contributed by atoms with Crippen LogP contribution in [0.25, 0.3) is 10.1 Å². The van der Waals surface area contributed by atoms with E-state index in [1.807, 2.05) is 12.1 Å². The van der Waals surface area contributed by atoms with Gasteiger partial charge in [-0.2, -0.15) is 4.37 Å². The van der Waals surface area contributed by atoms with Crippen molar-refractivity contribution in [2.24, 2.45) is 5.92 Å². The average molecular weight is 372 g/mol. The number of fused-ring (bicyclic) bond motifs is 4. The number of rotatable bonds is 3. The lowest BCUT2D eigenvalue weighted by Gasteiger charge is -2.44. The van der Waals surface area contributed by atoms with Crippen LogP contribution < -0.4 is 10.2 Å². The van der Waals surface area contributed by atoms with Gasteiger partial charge in [-0.25, -0.2) is 0 Å². The Labute approximate surface area is 157 Å². The molecule has 6 nitrogen and oxygen atoms in total. The molecule has 26 heavy (non-hydrogen) atoms. The first-order valence-electron chi connectivity index (χ1n) is 9.53. The van der Waals surface area contributed by atoms with Crippen LogP contribution in [0.5, 0.6) is 0 Å². The zero-order valence-electron chi connectivity index (χ0n) is 14.7. The molecule has 4 aliphatic rings. The number of nitrogens with zero attached hydrogens (tertiary/aromatic N) is 3. The number of hydrogen-bond donors (Lipinski definition) is 2. The van der Waals surface area contributed by atoms with E-state index in [2.05, 4.69) is 25.6 Å². The normalized spacial score (nSPS) is 30.9. The Morgan fingerprint density at radius 2 is 2.04 bits per heavy atom. The molecule has 1 amide bonds. The minimum Gasteiger partial charge on any atom is -0.391 e. The number of benzene rings is 1. The van der Waals surface area contributed by atoms with E-state index in [-0.39, 0.29) is 18.1 Å². The highest BCUT2D eigenvalue weighted by molar-refractivity contribution is 7.13. The van der Waals surface area contributed by atoms with Gasteiger partial charge in [-0.3, -0.25) is 4.79 Å². The number of hydrogen-bond acceptors (Lipinski definition) is 6. The van der Waals surface area contributed by atoms with Crippen LogP contribution in [0.15, 0.2) is 18.2 Å². The molecule has 0 aliphatic carbocycles. The second kappa shape index (κ2) is 6.48. The molecule has 4 saturated heterocycles. The van der Waals surface area contributed by atoms with Gasteiger partial charge < -0.3 is 20.2 Å². The van der Waals surface area contributed by atoms with Gasteiger partial charge in [0.15, 0.2) is 0 Å². The molecule has 1 aromatic carbocycles. The SMILES string of the molecule is O=C(N[C@H]1CN2CCC1CC2)c1nsc2cc(N3CC[C@@H](O)C3)ccc12. The van der Waals surface area contributed by atoms with Crippen LogP contribution in [0, 0.1) is 5.92 Å². The van der Waals surface area contributed by atoms with Gasteiger partial charge in [0.25, 0.3) is 5.91 Å². The molecule has 138 valence electrons. The standard InChI is InChI=1S/C19H24N4O2S/c24-14-5-8-23(10-14)13-1-2-15-17(9-13)26-21-18(15)19(25)20-16-11-22-6-3-12(16)4-7-22/h1-2,9,12,14,16,24H,3-8,10-11H2,(H,20,25)/t14-,16+/m1/s1. The number of nitrogens with one attached hydrogen (secondary N) is 1. The van der Waals surface area contributed by atoms with Crippen molar-refractivity contribution < 1.29 is 9.90 Å². The van der Waals surface area contributed by atoms with Crippen molar-refractivity contribution in [1.82, 2.24) is 14.6 Å². The molecule has 5 heterocycles. The van der Waals surface area contributed by atoms with E-state index in [0.29, 0.717) is 18.2 Å². The summed E-state index contributed by atoms with van der Waals surface area (Å²) in [5.41, 5.74) is 1.65. The lowest BCUT2D eigenvalue weighted by Crippen LogP contribution is -2.57. The van der Waals surface area contributed by atoms with E-state index < -0.39 is 0 Å². The number of β-amino-alcohol motifs (C(OH)–C–C–N with tert-alkyl or cyclic N) is 1. The van der Waals surface area contributed by atoms with Crippen molar-refractivity contribution >= 4 is 33.2 Å². The zero-order chi connectivity index (χ0) is 17.7. The molecule has 4 aliphatic heterocycles. The fourth-order valence-corrected chi connectivity index (χ4v) is 5.44. The first kappa shape index (κ1) is 16.5. The summed E-state index contributed by atoms with van der Waals surface area (Å²) in [6.07, 6.45) is 2.95. The molecule has 1 aromatic heterocycles. The summed E-state index contributed by atoms with van der Waals surface area (Å²) in [4.78, 5) is 17.5. The Balaban J connectivity index is 1.35. The van der Waals surface area contributed by atoms with Crippen LogP contribution >= 0.6 is 11.5 Å². The van der Waals surface area contributed by atoms with Crippen LogP contribution in [0.2, 0.25) is 0 Å². The third-order valence-corrected chi connectivity index (χ3v) is 6.98. The number of piperidine rings is 3. The van der Waals surface area contributed by atoms with Crippen LogP contribution in [-0.2, 0) is 0 Å². The van der Waals surface area contributed by atoms with Crippen molar-refractivity contribution in [2.75, 3.05) is 37.6 Å². The number of aliphatic hydroxyl groups is 1. The van der Waals surface area contributed by atoms with Crippen LogP contribution in [-0.4, -0.2) is 65.2 Å². The first-order chi connectivity index (χ1) is 12.7. The summed E-state index contributed by atoms with van der Waals surface area (Å²) >= 11 is 1.38. The van der Waals surface area contributed by atoms with Gasteiger partial charge in [-0.05, 0) is 68.0 Å². The van der Waals surface area contributed by atoms with E-state index >= 15 is 0 Å². The second-order valence-corrected chi connectivity index (χ2v) is 8.62. The first-order valence-corrected chi connectivity index (χ1v) is 10.3. The zero-order valence-corrected chi connectivity index (χ0v) is 15.5. The third-order valence-electron chi connectivity index (χ3n) is 6.17. The monoisotopic (exact) mass is 372 g/mol. The molecule has 2 bridgehead atoms. The van der Waals surface area contributed by atoms with Gasteiger partial charge in [0.1, 0.15) is 5.69 Å². The maximum absolute atomic E-state index is 12.8. The minimum atomic E-state index is -0.241. The molecule has 2 N–H and O–H groups in total. The van der Waals surface area contributed by atoms with Gasteiger partial charge in [0, 0.05) is 36.7 Å². The maximum atomic E-state index is 12.8. The van der Waals surface area contributed by atoms with Gasteiger partial charge in [0.2, 0.25) is 0 Å². The summed E-state index contributed by atoms with van der Waals surface area (Å²) in [5.74, 6) is 0.571. The molecule has 6 rings (SSSR count). The van der Waals surface area contributed by atoms with E-state index in [1.165, 1.54) is 37.5 Å². The number of amides is 1. The molecule has 0 saturated carbocycles. The molecule has 0 spiro atoms. The Hall–Kier alpha value is -1.70. The smallest absolute Gasteiger partial charge is 0.271 e. The van der Waals surface area contributed by atoms with Crippen LogP contribution in [0.4, 0.5) is 5.69 Å². The predicted molar refractivity (Wildman–Crippen MR) is 103 cm³/mol. The Morgan fingerprint density at radius 1 is 1.19 bits per heavy atom. The summed E-state index contributed by atoms with van der Waals surface area (Å²) < 4.78 is 5.48. The Bertz CT molecular complexity index is 830. The molecule has 7 heteroatoms. The molecule has 2 aromatic rings. The maximum Gasteiger partial charge on any atom is 0.271 e. The van der Waals surface area contributed by atoms with E-state index in [1.54, 1.807) is 0 Å². The number of anilines is 1. The number of carbonyl (C=O) groups excluding carboxylic acids is 1. The molecule has 2 atom stereocenters. The van der Waals surface area contributed by atoms with Gasteiger partial charge in [-0.15, -0.1) is 0 Å². The van der Waals surface area contributed by atoms with Crippen LogP contribution in [0.1, 0.15) is 29.8 Å². The largest absolute Gasteiger partial charge is 0.391 e. The van der Waals surface area contributed by atoms with Gasteiger partial charge in [0.05, 0.1) is 10.8 Å². The summed E-state index contributed by atoms with van der Waals surface area (Å²) in [5, 5.41) is 13.9. The second-order valence-electron chi connectivity index (χ2n) is 7.82. The fraction of sp³-hybridized carbons (Fsp3) is 0.579. The quantitative estimate of drug-likeness (QED) is 0.858. The van der Waals surface area contributed by atoms with Crippen LogP contribution in [0.3, 0.4) is 0 Å². The average Bonchev–Trinajstić information content (AvgIpc) is 3.28. The Morgan fingerprint density at radius 3 is 2.73 bits per heavy atom. The molecule has 0 unspecified atom stereocenters. The topological polar surface area (TPSA) is 68.7 Å². The van der Waals surface area contributed by atoms with Crippen molar-refractivity contribution in [3.8, 4) is 0 Å². The predicted octanol–water partition coefficient (Wildman–Crippen LogP) is 1.69. The van der Waals surface area contributed by atoms with Gasteiger partial charge in [-0.1, -0.05) is 0 Å². The minimum absolute atomic E-state index is 0.0423. The lowest BCUT2D eigenvalue weighted by atomic mass is 9.84. The molecular formula is C19H24N4O2S. The lowest BCUT2D eigenvalue weighted by molar-refractivity contribution is 0.0619. The van der Waals surface area contributed by atoms with E-state index in [9.17, 15) is 9.90 Å². The number of aromatic nitrogens is 1. The van der Waals surface area contributed by atoms with E-state index in [4.69, 9.17) is 0 Å². The number of aliphatic hydroxyl groups excluding tert-OH is 1. The summed E-state index contributed by atoms with van der Waals surface area (Å²) in [6, 6.07) is 6.40. The highest BCUT2D eigenvalue weighted by atomic mass is 32.1. The molecule has 0 radical (unpaired) electrons. The third kappa shape index (κ3) is 2.88. The van der Waals surface area contributed by atoms with Gasteiger partial charge >= 0.3 is 0 Å². The van der Waals surface area contributed by atoms with Crippen molar-refractivity contribution in [3.05, 3.63) is 23.9 Å².